The van der Waals surface area contributed by atoms with E-state index < -0.39 is 15.9 Å². The van der Waals surface area contributed by atoms with Gasteiger partial charge in [-0.1, -0.05) is 0 Å². The van der Waals surface area contributed by atoms with Crippen LogP contribution in [-0.2, 0) is 10.0 Å². The van der Waals surface area contributed by atoms with Crippen molar-refractivity contribution in [1.82, 2.24) is 14.9 Å². The van der Waals surface area contributed by atoms with Crippen molar-refractivity contribution in [3.63, 3.8) is 0 Å². The molecule has 20 heavy (non-hydrogen) atoms. The first-order valence-electron chi connectivity index (χ1n) is 6.18. The Morgan fingerprint density at radius 1 is 1.45 bits per heavy atom. The summed E-state index contributed by atoms with van der Waals surface area (Å²) in [6, 6.07) is 1.37. The molecule has 0 radical (unpaired) electrons. The summed E-state index contributed by atoms with van der Waals surface area (Å²) in [6.07, 6.45) is 0. The van der Waals surface area contributed by atoms with E-state index >= 15 is 0 Å². The molecule has 0 fully saturated rings. The Balaban J connectivity index is 2.93. The van der Waals surface area contributed by atoms with Crippen LogP contribution in [0.4, 0.5) is 0 Å². The molecule has 2 N–H and O–H groups in total. The average molecular weight is 303 g/mol. The van der Waals surface area contributed by atoms with Crippen molar-refractivity contribution in [3.05, 3.63) is 17.6 Å². The highest BCUT2D eigenvalue weighted by atomic mass is 32.2. The number of carbonyl (C=O) groups is 1. The lowest BCUT2D eigenvalue weighted by atomic mass is 10.3. The van der Waals surface area contributed by atoms with Crippen LogP contribution < -0.4 is 10.6 Å². The molecular formula is C12H21N3O4S. The molecule has 0 aliphatic heterocycles. The third-order valence-electron chi connectivity index (χ3n) is 2.92. The lowest BCUT2D eigenvalue weighted by Gasteiger charge is -2.10. The van der Waals surface area contributed by atoms with Gasteiger partial charge in [-0.05, 0) is 20.9 Å². The molecule has 1 aromatic heterocycles. The predicted octanol–water partition coefficient (Wildman–Crippen LogP) is 0.176. The number of furan rings is 1. The molecule has 0 spiro atoms. The molecular weight excluding hydrogens is 282 g/mol. The summed E-state index contributed by atoms with van der Waals surface area (Å²) in [4.78, 5) is 11.9. The van der Waals surface area contributed by atoms with Gasteiger partial charge < -0.3 is 15.1 Å². The van der Waals surface area contributed by atoms with Gasteiger partial charge in [-0.25, -0.2) is 12.7 Å². The summed E-state index contributed by atoms with van der Waals surface area (Å²) in [7, 11) is 1.03. The van der Waals surface area contributed by atoms with E-state index in [0.717, 1.165) is 4.31 Å². The van der Waals surface area contributed by atoms with Crippen molar-refractivity contribution in [2.45, 2.75) is 24.8 Å². The Labute approximate surface area is 119 Å². The summed E-state index contributed by atoms with van der Waals surface area (Å²) in [6.45, 7) is 3.85. The molecule has 0 bridgehead atoms. The number of hydrogen-bond donors (Lipinski definition) is 2. The lowest BCUT2D eigenvalue weighted by Crippen LogP contribution is -2.37. The molecule has 8 heteroatoms. The zero-order valence-corrected chi connectivity index (χ0v) is 13.2. The van der Waals surface area contributed by atoms with E-state index in [4.69, 9.17) is 4.42 Å². The van der Waals surface area contributed by atoms with Gasteiger partial charge in [0.2, 0.25) is 10.0 Å². The van der Waals surface area contributed by atoms with Gasteiger partial charge in [0.05, 0.1) is 0 Å². The molecule has 0 aliphatic carbocycles. The number of likely N-dealkylation sites (N-methyl/N-ethyl adjacent to an activating group) is 1. The summed E-state index contributed by atoms with van der Waals surface area (Å²) < 4.78 is 30.4. The molecule has 0 saturated heterocycles. The van der Waals surface area contributed by atoms with Crippen molar-refractivity contribution >= 4 is 15.9 Å². The van der Waals surface area contributed by atoms with Crippen molar-refractivity contribution in [1.29, 1.82) is 0 Å². The van der Waals surface area contributed by atoms with Crippen molar-refractivity contribution in [2.75, 3.05) is 27.7 Å². The highest BCUT2D eigenvalue weighted by molar-refractivity contribution is 7.89. The molecule has 7 nitrogen and oxygen atoms in total. The first-order chi connectivity index (χ1) is 9.20. The Morgan fingerprint density at radius 2 is 2.05 bits per heavy atom. The second-order valence-electron chi connectivity index (χ2n) is 4.72. The normalized spacial score (nSPS) is 13.5. The number of nitrogens with zero attached hydrogens (tertiary/aromatic N) is 1. The molecule has 1 heterocycles. The molecule has 114 valence electrons. The number of rotatable bonds is 6. The minimum Gasteiger partial charge on any atom is -0.455 e. The van der Waals surface area contributed by atoms with Gasteiger partial charge in [-0.3, -0.25) is 4.79 Å². The Hall–Kier alpha value is -1.38. The Morgan fingerprint density at radius 3 is 2.55 bits per heavy atom. The molecule has 0 aliphatic rings. The van der Waals surface area contributed by atoms with Crippen LogP contribution in [0, 0.1) is 6.92 Å². The minimum atomic E-state index is -3.61. The van der Waals surface area contributed by atoms with Gasteiger partial charge in [-0.2, -0.15) is 0 Å². The third kappa shape index (κ3) is 3.59. The minimum absolute atomic E-state index is 0.00812. The van der Waals surface area contributed by atoms with Gasteiger partial charge in [0.25, 0.3) is 5.91 Å². The van der Waals surface area contributed by atoms with Crippen LogP contribution in [0.5, 0.6) is 0 Å². The molecule has 0 saturated carbocycles. The topological polar surface area (TPSA) is 91.6 Å². The summed E-state index contributed by atoms with van der Waals surface area (Å²) >= 11 is 0. The van der Waals surface area contributed by atoms with Crippen LogP contribution in [-0.4, -0.2) is 52.4 Å². The van der Waals surface area contributed by atoms with E-state index in [9.17, 15) is 13.2 Å². The Kier molecular flexibility index (Phi) is 5.32. The van der Waals surface area contributed by atoms with E-state index in [0.29, 0.717) is 6.54 Å². The number of carbonyl (C=O) groups excluding carboxylic acids is 1. The monoisotopic (exact) mass is 303 g/mol. The van der Waals surface area contributed by atoms with Gasteiger partial charge in [0.1, 0.15) is 10.7 Å². The maximum Gasteiger partial charge on any atom is 0.287 e. The fourth-order valence-corrected chi connectivity index (χ4v) is 2.52. The number of aryl methyl sites for hydroxylation is 1. The van der Waals surface area contributed by atoms with Crippen LogP contribution >= 0.6 is 0 Å². The van der Waals surface area contributed by atoms with E-state index in [2.05, 4.69) is 10.6 Å². The molecule has 1 amide bonds. The zero-order chi connectivity index (χ0) is 15.5. The first-order valence-corrected chi connectivity index (χ1v) is 7.62. The molecule has 0 aromatic carbocycles. The van der Waals surface area contributed by atoms with Crippen molar-refractivity contribution in [2.24, 2.45) is 0 Å². The van der Waals surface area contributed by atoms with Crippen LogP contribution in [0.25, 0.3) is 0 Å². The predicted molar refractivity (Wildman–Crippen MR) is 75.2 cm³/mol. The standard InChI is InChI=1S/C12H21N3O4S/c1-8(13-3)7-14-12(16)10-6-11(9(2)19-10)20(17,18)15(4)5/h6,8,13H,7H2,1-5H3,(H,14,16). The number of sulfonamides is 1. The van der Waals surface area contributed by atoms with Crippen LogP contribution in [0.1, 0.15) is 23.2 Å². The number of nitrogens with one attached hydrogen (secondary N) is 2. The highest BCUT2D eigenvalue weighted by Gasteiger charge is 2.25. The highest BCUT2D eigenvalue weighted by Crippen LogP contribution is 2.22. The van der Waals surface area contributed by atoms with E-state index in [-0.39, 0.29) is 22.5 Å². The first kappa shape index (κ1) is 16.7. The maximum atomic E-state index is 12.0. The number of hydrogen-bond acceptors (Lipinski definition) is 5. The molecule has 1 atom stereocenters. The van der Waals surface area contributed by atoms with Gasteiger partial charge in [-0.15, -0.1) is 0 Å². The third-order valence-corrected chi connectivity index (χ3v) is 4.84. The summed E-state index contributed by atoms with van der Waals surface area (Å²) in [5.74, 6) is -0.243. The summed E-state index contributed by atoms with van der Waals surface area (Å²) in [5.41, 5.74) is 0. The average Bonchev–Trinajstić information content (AvgIpc) is 2.78. The zero-order valence-electron chi connectivity index (χ0n) is 12.4. The fraction of sp³-hybridized carbons (Fsp3) is 0.583. The van der Waals surface area contributed by atoms with Crippen LogP contribution in [0.3, 0.4) is 0 Å². The number of amides is 1. The van der Waals surface area contributed by atoms with E-state index in [1.54, 1.807) is 7.05 Å². The van der Waals surface area contributed by atoms with Crippen molar-refractivity contribution in [3.8, 4) is 0 Å². The quantitative estimate of drug-likeness (QED) is 0.782. The molecule has 1 aromatic rings. The lowest BCUT2D eigenvalue weighted by molar-refractivity contribution is 0.0921. The smallest absolute Gasteiger partial charge is 0.287 e. The van der Waals surface area contributed by atoms with Crippen LogP contribution in [0.2, 0.25) is 0 Å². The van der Waals surface area contributed by atoms with Crippen LogP contribution in [0.15, 0.2) is 15.4 Å². The van der Waals surface area contributed by atoms with E-state index in [1.807, 2.05) is 6.92 Å². The van der Waals surface area contributed by atoms with E-state index in [1.165, 1.54) is 27.1 Å². The Bertz CT molecular complexity index is 578. The van der Waals surface area contributed by atoms with Crippen molar-refractivity contribution < 1.29 is 17.6 Å². The van der Waals surface area contributed by atoms with Gasteiger partial charge >= 0.3 is 0 Å². The second kappa shape index (κ2) is 6.38. The largest absolute Gasteiger partial charge is 0.455 e. The fourth-order valence-electron chi connectivity index (χ4n) is 1.47. The molecule has 1 unspecified atom stereocenters. The molecule has 1 rings (SSSR count). The second-order valence-corrected chi connectivity index (χ2v) is 6.84. The maximum absolute atomic E-state index is 12.0. The van der Waals surface area contributed by atoms with Gasteiger partial charge in [0, 0.05) is 32.7 Å². The SMILES string of the molecule is CNC(C)CNC(=O)c1cc(S(=O)(=O)N(C)C)c(C)o1. The van der Waals surface area contributed by atoms with Gasteiger partial charge in [0.15, 0.2) is 5.76 Å². The summed E-state index contributed by atoms with van der Waals surface area (Å²) in [5, 5.41) is 5.65.